The molecular weight excluding hydrogens is 322 g/mol. The smallest absolute Gasteiger partial charge is 0.260 e. The van der Waals surface area contributed by atoms with E-state index >= 15 is 0 Å². The Hall–Kier alpha value is -1.74. The zero-order valence-electron chi connectivity index (χ0n) is 12.6. The summed E-state index contributed by atoms with van der Waals surface area (Å²) in [6, 6.07) is 5.94. The quantitative estimate of drug-likeness (QED) is 0.800. The van der Waals surface area contributed by atoms with Gasteiger partial charge in [-0.1, -0.05) is 6.07 Å². The van der Waals surface area contributed by atoms with Crippen LogP contribution in [0, 0.1) is 0 Å². The van der Waals surface area contributed by atoms with Gasteiger partial charge in [-0.05, 0) is 30.5 Å². The van der Waals surface area contributed by atoms with Crippen LogP contribution in [0.5, 0.6) is 0 Å². The van der Waals surface area contributed by atoms with E-state index in [-0.39, 0.29) is 10.3 Å². The second-order valence-electron chi connectivity index (χ2n) is 5.76. The van der Waals surface area contributed by atoms with Gasteiger partial charge < -0.3 is 14.9 Å². The summed E-state index contributed by atoms with van der Waals surface area (Å²) in [6.07, 6.45) is -1.43. The number of aromatic nitrogens is 1. The number of hydrogen-bond donors (Lipinski definition) is 2. The number of hydrogen-bond acceptors (Lipinski definition) is 6. The van der Waals surface area contributed by atoms with Gasteiger partial charge in [0, 0.05) is 17.8 Å². The van der Waals surface area contributed by atoms with Crippen LogP contribution in [-0.4, -0.2) is 47.8 Å². The molecule has 1 fully saturated rings. The molecule has 3 rings (SSSR count). The van der Waals surface area contributed by atoms with Gasteiger partial charge in [0.1, 0.15) is 12.2 Å². The van der Waals surface area contributed by atoms with E-state index in [1.165, 1.54) is 22.9 Å². The van der Waals surface area contributed by atoms with Gasteiger partial charge in [-0.25, -0.2) is 8.42 Å². The molecule has 2 N–H and O–H groups in total. The van der Waals surface area contributed by atoms with E-state index in [0.29, 0.717) is 5.39 Å². The summed E-state index contributed by atoms with van der Waals surface area (Å²) in [6.45, 7) is 1.60. The fourth-order valence-electron chi connectivity index (χ4n) is 2.72. The van der Waals surface area contributed by atoms with Gasteiger partial charge in [0.25, 0.3) is 5.56 Å². The molecule has 4 atom stereocenters. The number of aliphatic hydroxyl groups excluding tert-OH is 2. The van der Waals surface area contributed by atoms with Crippen molar-refractivity contribution in [3.05, 3.63) is 40.8 Å². The fraction of sp³-hybridized carbons (Fsp3) is 0.400. The summed E-state index contributed by atoms with van der Waals surface area (Å²) >= 11 is 0. The fourth-order valence-corrected chi connectivity index (χ4v) is 3.37. The van der Waals surface area contributed by atoms with Gasteiger partial charge >= 0.3 is 0 Å². The lowest BCUT2D eigenvalue weighted by Gasteiger charge is -2.18. The topological polar surface area (TPSA) is 106 Å². The highest BCUT2D eigenvalue weighted by molar-refractivity contribution is 7.90. The maximum atomic E-state index is 12.6. The van der Waals surface area contributed by atoms with Crippen molar-refractivity contribution in [1.29, 1.82) is 0 Å². The molecule has 1 saturated heterocycles. The van der Waals surface area contributed by atoms with Gasteiger partial charge in [0.05, 0.1) is 11.0 Å². The SMILES string of the molecule is CC1OC(n2ccc3ccc(S(C)(=O)=O)cc3c2=O)C(O)C1O. The molecule has 1 aliphatic rings. The van der Waals surface area contributed by atoms with Crippen LogP contribution in [0.3, 0.4) is 0 Å². The summed E-state index contributed by atoms with van der Waals surface area (Å²) in [5.74, 6) is 0. The molecule has 2 heterocycles. The molecule has 0 saturated carbocycles. The minimum Gasteiger partial charge on any atom is -0.388 e. The molecule has 0 spiro atoms. The third kappa shape index (κ3) is 2.67. The Morgan fingerprint density at radius 3 is 2.43 bits per heavy atom. The zero-order chi connectivity index (χ0) is 16.9. The minimum absolute atomic E-state index is 0.0427. The average Bonchev–Trinajstić information content (AvgIpc) is 2.74. The van der Waals surface area contributed by atoms with Crippen molar-refractivity contribution in [1.82, 2.24) is 4.57 Å². The van der Waals surface area contributed by atoms with Crippen molar-refractivity contribution in [2.24, 2.45) is 0 Å². The Morgan fingerprint density at radius 2 is 1.87 bits per heavy atom. The molecule has 0 radical (unpaired) electrons. The summed E-state index contributed by atoms with van der Waals surface area (Å²) in [5.41, 5.74) is -0.488. The Bertz CT molecular complexity index is 919. The van der Waals surface area contributed by atoms with Crippen molar-refractivity contribution in [2.75, 3.05) is 6.26 Å². The maximum absolute atomic E-state index is 12.6. The van der Waals surface area contributed by atoms with Gasteiger partial charge in [0.2, 0.25) is 0 Å². The van der Waals surface area contributed by atoms with Crippen LogP contribution in [0.4, 0.5) is 0 Å². The number of pyridine rings is 1. The molecule has 7 nitrogen and oxygen atoms in total. The van der Waals surface area contributed by atoms with Crippen LogP contribution >= 0.6 is 0 Å². The summed E-state index contributed by atoms with van der Waals surface area (Å²) in [7, 11) is -3.44. The number of benzene rings is 1. The predicted octanol–water partition coefficient (Wildman–Crippen LogP) is 0.0441. The van der Waals surface area contributed by atoms with E-state index in [1.807, 2.05) is 0 Å². The summed E-state index contributed by atoms with van der Waals surface area (Å²) < 4.78 is 29.9. The molecule has 1 aromatic heterocycles. The number of nitrogens with zero attached hydrogens (tertiary/aromatic N) is 1. The Morgan fingerprint density at radius 1 is 1.17 bits per heavy atom. The van der Waals surface area contributed by atoms with E-state index in [4.69, 9.17) is 4.74 Å². The second kappa shape index (κ2) is 5.41. The lowest BCUT2D eigenvalue weighted by atomic mass is 10.1. The Kier molecular flexibility index (Phi) is 3.80. The van der Waals surface area contributed by atoms with Crippen molar-refractivity contribution >= 4 is 20.6 Å². The highest BCUT2D eigenvalue weighted by atomic mass is 32.2. The Balaban J connectivity index is 2.17. The molecule has 1 aromatic carbocycles. The highest BCUT2D eigenvalue weighted by Crippen LogP contribution is 2.28. The van der Waals surface area contributed by atoms with Gasteiger partial charge in [-0.15, -0.1) is 0 Å². The standard InChI is InChI=1S/C15H17NO6S/c1-8-12(17)13(18)15(22-8)16-6-5-9-3-4-10(23(2,20)21)7-11(9)14(16)19/h3-8,12-13,15,17-18H,1-2H3. The molecule has 124 valence electrons. The van der Waals surface area contributed by atoms with Crippen LogP contribution in [0.25, 0.3) is 10.8 Å². The number of sulfone groups is 1. The van der Waals surface area contributed by atoms with E-state index < -0.39 is 39.9 Å². The van der Waals surface area contributed by atoms with Crippen molar-refractivity contribution in [3.63, 3.8) is 0 Å². The third-order valence-electron chi connectivity index (χ3n) is 4.08. The van der Waals surface area contributed by atoms with Crippen molar-refractivity contribution in [3.8, 4) is 0 Å². The normalized spacial score (nSPS) is 28.3. The molecule has 23 heavy (non-hydrogen) atoms. The molecule has 4 unspecified atom stereocenters. The van der Waals surface area contributed by atoms with E-state index in [2.05, 4.69) is 0 Å². The first-order valence-electron chi connectivity index (χ1n) is 7.07. The van der Waals surface area contributed by atoms with E-state index in [9.17, 15) is 23.4 Å². The molecule has 1 aliphatic heterocycles. The van der Waals surface area contributed by atoms with Crippen LogP contribution in [0.15, 0.2) is 40.2 Å². The second-order valence-corrected chi connectivity index (χ2v) is 7.78. The zero-order valence-corrected chi connectivity index (χ0v) is 13.4. The third-order valence-corrected chi connectivity index (χ3v) is 5.19. The van der Waals surface area contributed by atoms with Crippen LogP contribution < -0.4 is 5.56 Å². The maximum Gasteiger partial charge on any atom is 0.260 e. The molecule has 8 heteroatoms. The molecule has 2 aromatic rings. The first-order valence-corrected chi connectivity index (χ1v) is 8.96. The van der Waals surface area contributed by atoms with Gasteiger partial charge in [-0.3, -0.25) is 9.36 Å². The number of fused-ring (bicyclic) bond motifs is 1. The van der Waals surface area contributed by atoms with E-state index in [1.54, 1.807) is 19.1 Å². The van der Waals surface area contributed by atoms with E-state index in [0.717, 1.165) is 6.26 Å². The Labute approximate surface area is 132 Å². The first kappa shape index (κ1) is 16.1. The molecule has 0 aliphatic carbocycles. The number of rotatable bonds is 2. The monoisotopic (exact) mass is 339 g/mol. The molecule has 0 bridgehead atoms. The molecule has 0 amide bonds. The average molecular weight is 339 g/mol. The minimum atomic E-state index is -3.44. The van der Waals surface area contributed by atoms with Gasteiger partial charge in [-0.2, -0.15) is 0 Å². The first-order chi connectivity index (χ1) is 10.7. The van der Waals surface area contributed by atoms with Crippen molar-refractivity contribution in [2.45, 2.75) is 36.4 Å². The lowest BCUT2D eigenvalue weighted by molar-refractivity contribution is -0.0339. The lowest BCUT2D eigenvalue weighted by Crippen LogP contribution is -2.34. The van der Waals surface area contributed by atoms with Crippen molar-refractivity contribution < 1.29 is 23.4 Å². The summed E-state index contributed by atoms with van der Waals surface area (Å²) in [4.78, 5) is 12.7. The molecular formula is C15H17NO6S. The van der Waals surface area contributed by atoms with Crippen LogP contribution in [0.1, 0.15) is 13.2 Å². The predicted molar refractivity (Wildman–Crippen MR) is 82.9 cm³/mol. The number of ether oxygens (including phenoxy) is 1. The van der Waals surface area contributed by atoms with Gasteiger partial charge in [0.15, 0.2) is 16.1 Å². The highest BCUT2D eigenvalue weighted by Gasteiger charge is 2.41. The largest absolute Gasteiger partial charge is 0.388 e. The summed E-state index contributed by atoms with van der Waals surface area (Å²) in [5, 5.41) is 20.6. The van der Waals surface area contributed by atoms with Crippen LogP contribution in [0.2, 0.25) is 0 Å². The van der Waals surface area contributed by atoms with Crippen LogP contribution in [-0.2, 0) is 14.6 Å². The number of aliphatic hydroxyl groups is 2.